The van der Waals surface area contributed by atoms with E-state index >= 15 is 0 Å². The molecule has 20 heavy (non-hydrogen) atoms. The van der Waals surface area contributed by atoms with Crippen molar-refractivity contribution < 1.29 is 23.9 Å². The van der Waals surface area contributed by atoms with Crippen molar-refractivity contribution in [3.05, 3.63) is 35.4 Å². The quantitative estimate of drug-likeness (QED) is 0.327. The molecule has 0 heterocycles. The van der Waals surface area contributed by atoms with Crippen molar-refractivity contribution in [3.63, 3.8) is 0 Å². The first-order valence-corrected chi connectivity index (χ1v) is 6.25. The fourth-order valence-electron chi connectivity index (χ4n) is 1.55. The third-order valence-corrected chi connectivity index (χ3v) is 2.59. The van der Waals surface area contributed by atoms with Crippen molar-refractivity contribution in [1.82, 2.24) is 0 Å². The molecule has 5 heteroatoms. The van der Waals surface area contributed by atoms with Gasteiger partial charge in [-0.15, -0.1) is 0 Å². The van der Waals surface area contributed by atoms with Gasteiger partial charge in [-0.2, -0.15) is 0 Å². The summed E-state index contributed by atoms with van der Waals surface area (Å²) in [6.07, 6.45) is -0.995. The molecular weight excluding hydrogens is 260 g/mol. The lowest BCUT2D eigenvalue weighted by molar-refractivity contribution is -0.154. The minimum absolute atomic E-state index is 0.0705. The van der Waals surface area contributed by atoms with Gasteiger partial charge in [0.2, 0.25) is 5.78 Å². The van der Waals surface area contributed by atoms with Gasteiger partial charge in [0.1, 0.15) is 5.78 Å². The van der Waals surface area contributed by atoms with Gasteiger partial charge in [-0.05, 0) is 13.8 Å². The molecule has 106 valence electrons. The lowest BCUT2D eigenvalue weighted by Gasteiger charge is -2.02. The summed E-state index contributed by atoms with van der Waals surface area (Å²) in [5, 5.41) is 0. The van der Waals surface area contributed by atoms with E-state index in [1.165, 1.54) is 0 Å². The normalized spacial score (nSPS) is 9.90. The molecule has 0 saturated heterocycles. The molecule has 0 atom stereocenters. The fourth-order valence-corrected chi connectivity index (χ4v) is 1.55. The molecule has 0 amide bonds. The Balaban J connectivity index is 2.54. The molecule has 0 unspecified atom stereocenters. The fraction of sp³-hybridized carbons (Fsp3) is 0.333. The third-order valence-electron chi connectivity index (χ3n) is 2.59. The second-order valence-electron chi connectivity index (χ2n) is 4.33. The Labute approximate surface area is 116 Å². The highest BCUT2D eigenvalue weighted by Gasteiger charge is 2.21. The minimum Gasteiger partial charge on any atom is -0.460 e. The van der Waals surface area contributed by atoms with E-state index in [1.807, 2.05) is 6.92 Å². The first kappa shape index (κ1) is 15.8. The number of rotatable bonds is 7. The van der Waals surface area contributed by atoms with Crippen LogP contribution < -0.4 is 0 Å². The average Bonchev–Trinajstić information content (AvgIpc) is 2.39. The Kier molecular flexibility index (Phi) is 5.77. The van der Waals surface area contributed by atoms with E-state index < -0.39 is 30.4 Å². The maximum atomic E-state index is 11.8. The van der Waals surface area contributed by atoms with Crippen LogP contribution in [0, 0.1) is 6.92 Å². The number of aryl methyl sites for hydroxylation is 1. The van der Waals surface area contributed by atoms with Gasteiger partial charge in [-0.25, -0.2) is 4.79 Å². The summed E-state index contributed by atoms with van der Waals surface area (Å²) in [5.41, 5.74) is 1.41. The summed E-state index contributed by atoms with van der Waals surface area (Å²) in [5.74, 6) is -2.92. The Bertz CT molecular complexity index is 528. The molecule has 5 nitrogen and oxygen atoms in total. The summed E-state index contributed by atoms with van der Waals surface area (Å²) < 4.78 is 4.48. The van der Waals surface area contributed by atoms with Crippen LogP contribution in [0.15, 0.2) is 24.3 Å². The van der Waals surface area contributed by atoms with Crippen LogP contribution in [0.1, 0.15) is 35.7 Å². The van der Waals surface area contributed by atoms with Gasteiger partial charge in [-0.3, -0.25) is 14.4 Å². The van der Waals surface area contributed by atoms with Crippen LogP contribution in [0.2, 0.25) is 0 Å². The molecule has 0 bridgehead atoms. The van der Waals surface area contributed by atoms with E-state index in [0.29, 0.717) is 5.56 Å². The predicted molar refractivity (Wildman–Crippen MR) is 71.4 cm³/mol. The van der Waals surface area contributed by atoms with Crippen LogP contribution >= 0.6 is 0 Å². The summed E-state index contributed by atoms with van der Waals surface area (Å²) >= 11 is 0. The van der Waals surface area contributed by atoms with E-state index in [4.69, 9.17) is 0 Å². The van der Waals surface area contributed by atoms with Crippen molar-refractivity contribution >= 4 is 23.3 Å². The molecule has 0 aliphatic rings. The van der Waals surface area contributed by atoms with Crippen molar-refractivity contribution in [2.75, 3.05) is 6.61 Å². The van der Waals surface area contributed by atoms with E-state index in [2.05, 4.69) is 4.74 Å². The van der Waals surface area contributed by atoms with E-state index in [0.717, 1.165) is 5.56 Å². The highest BCUT2D eigenvalue weighted by Crippen LogP contribution is 2.07. The number of carbonyl (C=O) groups is 4. The Morgan fingerprint density at radius 1 is 1.00 bits per heavy atom. The number of ketones is 3. The van der Waals surface area contributed by atoms with Gasteiger partial charge in [0.25, 0.3) is 0 Å². The van der Waals surface area contributed by atoms with E-state index in [9.17, 15) is 19.2 Å². The highest BCUT2D eigenvalue weighted by molar-refractivity contribution is 6.37. The maximum Gasteiger partial charge on any atom is 0.375 e. The van der Waals surface area contributed by atoms with Gasteiger partial charge < -0.3 is 4.74 Å². The zero-order chi connectivity index (χ0) is 15.1. The molecule has 0 spiro atoms. The van der Waals surface area contributed by atoms with Crippen molar-refractivity contribution in [2.24, 2.45) is 0 Å². The number of hydrogen-bond donors (Lipinski definition) is 0. The van der Waals surface area contributed by atoms with Crippen LogP contribution in [0.3, 0.4) is 0 Å². The van der Waals surface area contributed by atoms with Crippen LogP contribution in [0.4, 0.5) is 0 Å². The van der Waals surface area contributed by atoms with Crippen LogP contribution in [0.5, 0.6) is 0 Å². The molecule has 1 aromatic rings. The summed E-state index contributed by atoms with van der Waals surface area (Å²) in [6, 6.07) is 6.78. The second-order valence-corrected chi connectivity index (χ2v) is 4.33. The lowest BCUT2D eigenvalue weighted by Crippen LogP contribution is -2.21. The monoisotopic (exact) mass is 276 g/mol. The van der Waals surface area contributed by atoms with E-state index in [-0.39, 0.29) is 12.4 Å². The largest absolute Gasteiger partial charge is 0.460 e. The van der Waals surface area contributed by atoms with Gasteiger partial charge in [0.15, 0.2) is 5.78 Å². The Morgan fingerprint density at radius 2 is 1.60 bits per heavy atom. The van der Waals surface area contributed by atoms with Crippen LogP contribution in [-0.4, -0.2) is 29.9 Å². The third kappa shape index (κ3) is 4.76. The topological polar surface area (TPSA) is 77.5 Å². The molecule has 0 aliphatic carbocycles. The Hall–Kier alpha value is -2.30. The Morgan fingerprint density at radius 3 is 2.15 bits per heavy atom. The van der Waals surface area contributed by atoms with Gasteiger partial charge in [-0.1, -0.05) is 29.8 Å². The molecule has 0 saturated carbocycles. The number of carbonyl (C=O) groups excluding carboxylic acids is 4. The number of ether oxygens (including phenoxy) is 1. The van der Waals surface area contributed by atoms with Gasteiger partial charge in [0.05, 0.1) is 19.4 Å². The number of benzene rings is 1. The molecule has 1 aromatic carbocycles. The molecule has 0 aromatic heterocycles. The number of esters is 1. The van der Waals surface area contributed by atoms with Gasteiger partial charge in [0, 0.05) is 5.56 Å². The smallest absolute Gasteiger partial charge is 0.375 e. The zero-order valence-electron chi connectivity index (χ0n) is 11.5. The minimum atomic E-state index is -1.04. The van der Waals surface area contributed by atoms with Crippen molar-refractivity contribution in [2.45, 2.75) is 26.7 Å². The van der Waals surface area contributed by atoms with Crippen LogP contribution in [-0.2, 0) is 19.1 Å². The first-order valence-electron chi connectivity index (χ1n) is 6.25. The SMILES string of the molecule is CCOC(=O)C(=O)CC(=O)CC(=O)c1ccc(C)cc1. The molecule has 0 fully saturated rings. The summed E-state index contributed by atoms with van der Waals surface area (Å²) in [7, 11) is 0. The number of Topliss-reactive ketones (excluding diaryl/α,β-unsaturated/α-hetero) is 3. The second kappa shape index (κ2) is 7.33. The molecule has 1 rings (SSSR count). The van der Waals surface area contributed by atoms with Gasteiger partial charge >= 0.3 is 5.97 Å². The molecule has 0 aliphatic heterocycles. The maximum absolute atomic E-state index is 11.8. The van der Waals surface area contributed by atoms with E-state index in [1.54, 1.807) is 31.2 Å². The summed E-state index contributed by atoms with van der Waals surface area (Å²) in [4.78, 5) is 45.7. The molecular formula is C15H16O5. The van der Waals surface area contributed by atoms with Crippen molar-refractivity contribution in [1.29, 1.82) is 0 Å². The molecule has 0 radical (unpaired) electrons. The standard InChI is InChI=1S/C15H16O5/c1-3-20-15(19)14(18)9-12(16)8-13(17)11-6-4-10(2)5-7-11/h4-7H,3,8-9H2,1-2H3. The predicted octanol–water partition coefficient (Wildman–Crippen LogP) is 1.66. The average molecular weight is 276 g/mol. The highest BCUT2D eigenvalue weighted by atomic mass is 16.5. The lowest BCUT2D eigenvalue weighted by atomic mass is 10.0. The van der Waals surface area contributed by atoms with Crippen molar-refractivity contribution in [3.8, 4) is 0 Å². The first-order chi connectivity index (χ1) is 9.43. The zero-order valence-corrected chi connectivity index (χ0v) is 11.5. The summed E-state index contributed by atoms with van der Waals surface area (Å²) in [6.45, 7) is 3.52. The molecule has 0 N–H and O–H groups in total. The number of hydrogen-bond acceptors (Lipinski definition) is 5. The van der Waals surface area contributed by atoms with Crippen LogP contribution in [0.25, 0.3) is 0 Å².